The zero-order chi connectivity index (χ0) is 14.4. The molecule has 0 saturated carbocycles. The molecule has 0 atom stereocenters. The summed E-state index contributed by atoms with van der Waals surface area (Å²) in [6.07, 6.45) is -0.186. The number of amides is 1. The summed E-state index contributed by atoms with van der Waals surface area (Å²) in [7, 11) is 3.07. The van der Waals surface area contributed by atoms with Gasteiger partial charge in [0.1, 0.15) is 0 Å². The van der Waals surface area contributed by atoms with Gasteiger partial charge >= 0.3 is 0 Å². The van der Waals surface area contributed by atoms with E-state index in [2.05, 4.69) is 10.3 Å². The lowest BCUT2D eigenvalue weighted by molar-refractivity contribution is -0.126. The van der Waals surface area contributed by atoms with Gasteiger partial charge in [-0.05, 0) is 12.1 Å². The van der Waals surface area contributed by atoms with Gasteiger partial charge in [-0.1, -0.05) is 24.3 Å². The summed E-state index contributed by atoms with van der Waals surface area (Å²) in [5, 5.41) is 3.82. The van der Waals surface area contributed by atoms with Crippen LogP contribution in [-0.4, -0.2) is 37.9 Å². The minimum atomic E-state index is -0.427. The largest absolute Gasteiger partial charge is 0.354 e. The summed E-state index contributed by atoms with van der Waals surface area (Å²) in [4.78, 5) is 16.3. The number of hydrogen-bond acceptors (Lipinski definition) is 4. The molecule has 2 aromatic rings. The summed E-state index contributed by atoms with van der Waals surface area (Å²) < 4.78 is 10.0. The Morgan fingerprint density at radius 2 is 1.95 bits per heavy atom. The number of rotatable bonds is 6. The van der Waals surface area contributed by atoms with Gasteiger partial charge in [0.2, 0.25) is 5.91 Å². The zero-order valence-electron chi connectivity index (χ0n) is 11.6. The number of nitrogens with one attached hydrogen (secondary N) is 1. The SMILES string of the molecule is COC(CNC(=O)Cc1ccc2ccccc2n1)OC. The fourth-order valence-corrected chi connectivity index (χ4v) is 1.89. The van der Waals surface area contributed by atoms with Crippen LogP contribution in [0, 0.1) is 0 Å². The van der Waals surface area contributed by atoms with E-state index >= 15 is 0 Å². The second-order valence-electron chi connectivity index (χ2n) is 4.38. The van der Waals surface area contributed by atoms with Crippen molar-refractivity contribution in [2.75, 3.05) is 20.8 Å². The number of hydrogen-bond donors (Lipinski definition) is 1. The van der Waals surface area contributed by atoms with Crippen LogP contribution >= 0.6 is 0 Å². The predicted molar refractivity (Wildman–Crippen MR) is 76.3 cm³/mol. The Hall–Kier alpha value is -1.98. The average molecular weight is 274 g/mol. The Morgan fingerprint density at radius 1 is 1.20 bits per heavy atom. The molecule has 0 spiro atoms. The lowest BCUT2D eigenvalue weighted by Crippen LogP contribution is -2.35. The monoisotopic (exact) mass is 274 g/mol. The fraction of sp³-hybridized carbons (Fsp3) is 0.333. The molecule has 0 fully saturated rings. The van der Waals surface area contributed by atoms with Crippen molar-refractivity contribution in [3.05, 3.63) is 42.1 Å². The summed E-state index contributed by atoms with van der Waals surface area (Å²) in [5.41, 5.74) is 1.64. The van der Waals surface area contributed by atoms with Crippen molar-refractivity contribution in [1.82, 2.24) is 10.3 Å². The van der Waals surface area contributed by atoms with Crippen molar-refractivity contribution >= 4 is 16.8 Å². The maximum Gasteiger partial charge on any atom is 0.226 e. The van der Waals surface area contributed by atoms with E-state index < -0.39 is 6.29 Å². The zero-order valence-corrected chi connectivity index (χ0v) is 11.6. The van der Waals surface area contributed by atoms with Crippen LogP contribution in [0.5, 0.6) is 0 Å². The molecular formula is C15H18N2O3. The molecular weight excluding hydrogens is 256 g/mol. The third-order valence-electron chi connectivity index (χ3n) is 2.99. The van der Waals surface area contributed by atoms with Crippen LogP contribution in [0.15, 0.2) is 36.4 Å². The molecule has 1 amide bonds. The molecule has 1 heterocycles. The van der Waals surface area contributed by atoms with E-state index in [0.29, 0.717) is 6.54 Å². The highest BCUT2D eigenvalue weighted by atomic mass is 16.7. The van der Waals surface area contributed by atoms with Gasteiger partial charge in [-0.15, -0.1) is 0 Å². The van der Waals surface area contributed by atoms with E-state index in [9.17, 15) is 4.79 Å². The lowest BCUT2D eigenvalue weighted by atomic mass is 10.2. The summed E-state index contributed by atoms with van der Waals surface area (Å²) in [6, 6.07) is 11.7. The van der Waals surface area contributed by atoms with Gasteiger partial charge in [0.15, 0.2) is 6.29 Å². The van der Waals surface area contributed by atoms with Crippen LogP contribution < -0.4 is 5.32 Å². The molecule has 5 heteroatoms. The van der Waals surface area contributed by atoms with Crippen molar-refractivity contribution < 1.29 is 14.3 Å². The van der Waals surface area contributed by atoms with Gasteiger partial charge in [0.25, 0.3) is 0 Å². The number of nitrogens with zero attached hydrogens (tertiary/aromatic N) is 1. The Balaban J connectivity index is 1.95. The van der Waals surface area contributed by atoms with Crippen LogP contribution in [0.4, 0.5) is 0 Å². The van der Waals surface area contributed by atoms with Gasteiger partial charge in [-0.3, -0.25) is 9.78 Å². The molecule has 0 saturated heterocycles. The smallest absolute Gasteiger partial charge is 0.226 e. The first-order valence-corrected chi connectivity index (χ1v) is 6.40. The van der Waals surface area contributed by atoms with Crippen molar-refractivity contribution in [2.45, 2.75) is 12.7 Å². The minimum Gasteiger partial charge on any atom is -0.354 e. The molecule has 0 aliphatic carbocycles. The van der Waals surface area contributed by atoms with E-state index in [1.54, 1.807) is 0 Å². The molecule has 1 N–H and O–H groups in total. The fourth-order valence-electron chi connectivity index (χ4n) is 1.89. The van der Waals surface area contributed by atoms with Crippen LogP contribution in [0.1, 0.15) is 5.69 Å². The normalized spacial score (nSPS) is 10.9. The third-order valence-corrected chi connectivity index (χ3v) is 2.99. The lowest BCUT2D eigenvalue weighted by Gasteiger charge is -2.13. The van der Waals surface area contributed by atoms with Crippen molar-refractivity contribution in [3.8, 4) is 0 Å². The van der Waals surface area contributed by atoms with E-state index in [-0.39, 0.29) is 12.3 Å². The molecule has 2 rings (SSSR count). The molecule has 0 bridgehead atoms. The number of carbonyl (C=O) groups excluding carboxylic acids is 1. The van der Waals surface area contributed by atoms with Crippen LogP contribution in [0.3, 0.4) is 0 Å². The number of benzene rings is 1. The summed E-state index contributed by atoms with van der Waals surface area (Å²) >= 11 is 0. The quantitative estimate of drug-likeness (QED) is 0.811. The number of pyridine rings is 1. The van der Waals surface area contributed by atoms with Crippen molar-refractivity contribution in [1.29, 1.82) is 0 Å². The van der Waals surface area contributed by atoms with Crippen molar-refractivity contribution in [3.63, 3.8) is 0 Å². The van der Waals surface area contributed by atoms with E-state index in [1.807, 2.05) is 36.4 Å². The first kappa shape index (κ1) is 14.4. The summed E-state index contributed by atoms with van der Waals surface area (Å²) in [6.45, 7) is 0.319. The number of fused-ring (bicyclic) bond motifs is 1. The van der Waals surface area contributed by atoms with Crippen LogP contribution in [0.25, 0.3) is 10.9 Å². The second-order valence-corrected chi connectivity index (χ2v) is 4.38. The van der Waals surface area contributed by atoms with Crippen LogP contribution in [0.2, 0.25) is 0 Å². The maximum absolute atomic E-state index is 11.8. The minimum absolute atomic E-state index is 0.105. The Kier molecular flexibility index (Phi) is 5.03. The van der Waals surface area contributed by atoms with Crippen LogP contribution in [-0.2, 0) is 20.7 Å². The second kappa shape index (κ2) is 6.98. The summed E-state index contributed by atoms with van der Waals surface area (Å²) in [5.74, 6) is -0.105. The molecule has 0 aliphatic rings. The molecule has 1 aromatic carbocycles. The molecule has 106 valence electrons. The highest BCUT2D eigenvalue weighted by Crippen LogP contribution is 2.11. The predicted octanol–water partition coefficient (Wildman–Crippen LogP) is 1.51. The average Bonchev–Trinajstić information content (AvgIpc) is 2.48. The van der Waals surface area contributed by atoms with Gasteiger partial charge in [-0.25, -0.2) is 0 Å². The molecule has 1 aromatic heterocycles. The standard InChI is InChI=1S/C15H18N2O3/c1-19-15(20-2)10-16-14(18)9-12-8-7-11-5-3-4-6-13(11)17-12/h3-8,15H,9-10H2,1-2H3,(H,16,18). The molecule has 20 heavy (non-hydrogen) atoms. The van der Waals surface area contributed by atoms with E-state index in [1.165, 1.54) is 14.2 Å². The number of aromatic nitrogens is 1. The maximum atomic E-state index is 11.8. The first-order valence-electron chi connectivity index (χ1n) is 6.40. The number of carbonyl (C=O) groups is 1. The highest BCUT2D eigenvalue weighted by Gasteiger charge is 2.09. The number of para-hydroxylation sites is 1. The van der Waals surface area contributed by atoms with E-state index in [0.717, 1.165) is 16.6 Å². The third kappa shape index (κ3) is 3.76. The van der Waals surface area contributed by atoms with Crippen molar-refractivity contribution in [2.24, 2.45) is 0 Å². The number of ether oxygens (including phenoxy) is 2. The molecule has 5 nitrogen and oxygen atoms in total. The van der Waals surface area contributed by atoms with Gasteiger partial charge in [-0.2, -0.15) is 0 Å². The highest BCUT2D eigenvalue weighted by molar-refractivity contribution is 5.81. The van der Waals surface area contributed by atoms with Gasteiger partial charge in [0, 0.05) is 19.6 Å². The molecule has 0 radical (unpaired) electrons. The Labute approximate surface area is 117 Å². The molecule has 0 unspecified atom stereocenters. The number of methoxy groups -OCH3 is 2. The molecule has 0 aliphatic heterocycles. The Morgan fingerprint density at radius 3 is 2.70 bits per heavy atom. The Bertz CT molecular complexity index is 582. The first-order chi connectivity index (χ1) is 9.72. The topological polar surface area (TPSA) is 60.5 Å². The van der Waals surface area contributed by atoms with Gasteiger partial charge in [0.05, 0.1) is 24.2 Å². The van der Waals surface area contributed by atoms with Gasteiger partial charge < -0.3 is 14.8 Å². The van der Waals surface area contributed by atoms with E-state index in [4.69, 9.17) is 9.47 Å².